The topological polar surface area (TPSA) is 43.1 Å². The maximum absolute atomic E-state index is 11.2. The van der Waals surface area contributed by atoms with Crippen LogP contribution < -0.4 is 5.73 Å². The molecule has 0 heterocycles. The Labute approximate surface area is 75.5 Å². The average molecular weight is 171 g/mol. The van der Waals surface area contributed by atoms with Crippen molar-refractivity contribution < 1.29 is 4.79 Å². The van der Waals surface area contributed by atoms with Crippen LogP contribution in [0.1, 0.15) is 47.5 Å². The molecule has 0 unspecified atom stereocenters. The van der Waals surface area contributed by atoms with Gasteiger partial charge in [0.05, 0.1) is 0 Å². The third kappa shape index (κ3) is 1.99. The van der Waals surface area contributed by atoms with E-state index in [1.807, 2.05) is 13.8 Å². The first-order valence-corrected chi connectivity index (χ1v) is 4.55. The lowest BCUT2D eigenvalue weighted by Gasteiger charge is -2.39. The third-order valence-electron chi connectivity index (χ3n) is 3.18. The molecule has 0 rings (SSSR count). The summed E-state index contributed by atoms with van der Waals surface area (Å²) in [6.45, 7) is 10.2. The van der Waals surface area contributed by atoms with E-state index in [0.29, 0.717) is 0 Å². The molecule has 0 radical (unpaired) electrons. The van der Waals surface area contributed by atoms with Crippen LogP contribution in [0.25, 0.3) is 0 Å². The molecule has 0 saturated heterocycles. The fraction of sp³-hybridized carbons (Fsp3) is 0.900. The van der Waals surface area contributed by atoms with Gasteiger partial charge in [-0.25, -0.2) is 0 Å². The van der Waals surface area contributed by atoms with Gasteiger partial charge in [-0.05, 0) is 11.8 Å². The van der Waals surface area contributed by atoms with Gasteiger partial charge in [-0.2, -0.15) is 0 Å². The SMILES string of the molecule is CCCC(C)(C)C(C)(C)C(N)=O. The van der Waals surface area contributed by atoms with Crippen LogP contribution in [0.4, 0.5) is 0 Å². The van der Waals surface area contributed by atoms with E-state index >= 15 is 0 Å². The molecule has 12 heavy (non-hydrogen) atoms. The summed E-state index contributed by atoms with van der Waals surface area (Å²) in [7, 11) is 0. The van der Waals surface area contributed by atoms with Crippen molar-refractivity contribution in [2.75, 3.05) is 0 Å². The molecule has 0 aromatic carbocycles. The minimum absolute atomic E-state index is 0.00637. The number of hydrogen-bond acceptors (Lipinski definition) is 1. The van der Waals surface area contributed by atoms with Crippen LogP contribution in [0, 0.1) is 10.8 Å². The first kappa shape index (κ1) is 11.5. The molecule has 0 aliphatic carbocycles. The monoisotopic (exact) mass is 171 g/mol. The zero-order chi connectivity index (χ0) is 9.99. The Balaban J connectivity index is 4.62. The standard InChI is InChI=1S/C10H21NO/c1-6-7-9(2,3)10(4,5)8(11)12/h6-7H2,1-5H3,(H2,11,12). The van der Waals surface area contributed by atoms with Crippen molar-refractivity contribution in [3.63, 3.8) is 0 Å². The van der Waals surface area contributed by atoms with Crippen molar-refractivity contribution in [1.82, 2.24) is 0 Å². The van der Waals surface area contributed by atoms with Crippen LogP contribution in [-0.4, -0.2) is 5.91 Å². The fourth-order valence-corrected chi connectivity index (χ4v) is 1.27. The summed E-state index contributed by atoms with van der Waals surface area (Å²) in [6, 6.07) is 0. The quantitative estimate of drug-likeness (QED) is 0.693. The molecule has 2 N–H and O–H groups in total. The Hall–Kier alpha value is -0.530. The molecule has 0 bridgehead atoms. The van der Waals surface area contributed by atoms with Gasteiger partial charge in [0.1, 0.15) is 0 Å². The van der Waals surface area contributed by atoms with E-state index in [-0.39, 0.29) is 11.3 Å². The van der Waals surface area contributed by atoms with Gasteiger partial charge in [-0.1, -0.05) is 41.0 Å². The van der Waals surface area contributed by atoms with Gasteiger partial charge in [0, 0.05) is 5.41 Å². The van der Waals surface area contributed by atoms with Crippen molar-refractivity contribution in [3.8, 4) is 0 Å². The zero-order valence-electron chi connectivity index (χ0n) is 8.90. The molecule has 72 valence electrons. The van der Waals surface area contributed by atoms with Crippen molar-refractivity contribution in [2.24, 2.45) is 16.6 Å². The Morgan fingerprint density at radius 1 is 1.25 bits per heavy atom. The highest BCUT2D eigenvalue weighted by atomic mass is 16.1. The van der Waals surface area contributed by atoms with E-state index in [1.54, 1.807) is 0 Å². The molecule has 0 aromatic rings. The molecular formula is C10H21NO. The fourth-order valence-electron chi connectivity index (χ4n) is 1.27. The van der Waals surface area contributed by atoms with Crippen molar-refractivity contribution in [2.45, 2.75) is 47.5 Å². The third-order valence-corrected chi connectivity index (χ3v) is 3.18. The minimum Gasteiger partial charge on any atom is -0.369 e. The Morgan fingerprint density at radius 2 is 1.67 bits per heavy atom. The number of rotatable bonds is 4. The molecule has 0 aromatic heterocycles. The summed E-state index contributed by atoms with van der Waals surface area (Å²) < 4.78 is 0. The molecule has 0 fully saturated rings. The lowest BCUT2D eigenvalue weighted by Crippen LogP contribution is -2.43. The summed E-state index contributed by atoms with van der Waals surface area (Å²) in [5, 5.41) is 0. The molecule has 0 aliphatic heterocycles. The number of primary amides is 1. The van der Waals surface area contributed by atoms with Gasteiger partial charge in [-0.3, -0.25) is 4.79 Å². The average Bonchev–Trinajstić information content (AvgIpc) is 1.86. The molecule has 1 amide bonds. The highest BCUT2D eigenvalue weighted by molar-refractivity contribution is 5.80. The minimum atomic E-state index is -0.414. The summed E-state index contributed by atoms with van der Waals surface area (Å²) in [6.07, 6.45) is 2.12. The molecule has 0 spiro atoms. The molecule has 0 saturated carbocycles. The number of carbonyl (C=O) groups excluding carboxylic acids is 1. The number of nitrogens with two attached hydrogens (primary N) is 1. The number of hydrogen-bond donors (Lipinski definition) is 1. The van der Waals surface area contributed by atoms with Crippen molar-refractivity contribution in [3.05, 3.63) is 0 Å². The van der Waals surface area contributed by atoms with E-state index in [4.69, 9.17) is 5.73 Å². The van der Waals surface area contributed by atoms with E-state index in [0.717, 1.165) is 12.8 Å². The maximum atomic E-state index is 11.2. The normalized spacial score (nSPS) is 13.1. The van der Waals surface area contributed by atoms with Crippen molar-refractivity contribution >= 4 is 5.91 Å². The van der Waals surface area contributed by atoms with E-state index in [1.165, 1.54) is 0 Å². The zero-order valence-corrected chi connectivity index (χ0v) is 8.90. The number of carbonyl (C=O) groups is 1. The van der Waals surface area contributed by atoms with Crippen LogP contribution in [0.5, 0.6) is 0 Å². The van der Waals surface area contributed by atoms with Crippen LogP contribution in [0.15, 0.2) is 0 Å². The van der Waals surface area contributed by atoms with Crippen LogP contribution in [-0.2, 0) is 4.79 Å². The summed E-state index contributed by atoms with van der Waals surface area (Å²) in [5.41, 5.74) is 4.93. The second-order valence-electron chi connectivity index (χ2n) is 4.62. The number of amides is 1. The Bertz CT molecular complexity index is 171. The molecular weight excluding hydrogens is 150 g/mol. The lowest BCUT2D eigenvalue weighted by atomic mass is 9.65. The summed E-state index contributed by atoms with van der Waals surface area (Å²) in [4.78, 5) is 11.2. The first-order valence-electron chi connectivity index (χ1n) is 4.55. The first-order chi connectivity index (χ1) is 5.25. The Morgan fingerprint density at radius 3 is 1.92 bits per heavy atom. The summed E-state index contributed by atoms with van der Waals surface area (Å²) >= 11 is 0. The van der Waals surface area contributed by atoms with Gasteiger partial charge in [0.2, 0.25) is 5.91 Å². The van der Waals surface area contributed by atoms with Crippen LogP contribution >= 0.6 is 0 Å². The van der Waals surface area contributed by atoms with Gasteiger partial charge in [0.25, 0.3) is 0 Å². The van der Waals surface area contributed by atoms with Crippen LogP contribution in [0.2, 0.25) is 0 Å². The highest BCUT2D eigenvalue weighted by Crippen LogP contribution is 2.41. The van der Waals surface area contributed by atoms with Gasteiger partial charge in [-0.15, -0.1) is 0 Å². The van der Waals surface area contributed by atoms with E-state index in [2.05, 4.69) is 20.8 Å². The van der Waals surface area contributed by atoms with Crippen molar-refractivity contribution in [1.29, 1.82) is 0 Å². The predicted octanol–water partition coefficient (Wildman–Crippen LogP) is 2.32. The molecule has 2 heteroatoms. The van der Waals surface area contributed by atoms with E-state index in [9.17, 15) is 4.79 Å². The van der Waals surface area contributed by atoms with E-state index < -0.39 is 5.41 Å². The second kappa shape index (κ2) is 3.46. The lowest BCUT2D eigenvalue weighted by molar-refractivity contribution is -0.132. The maximum Gasteiger partial charge on any atom is 0.223 e. The predicted molar refractivity (Wildman–Crippen MR) is 51.7 cm³/mol. The smallest absolute Gasteiger partial charge is 0.223 e. The van der Waals surface area contributed by atoms with Crippen LogP contribution in [0.3, 0.4) is 0 Å². The molecule has 2 nitrogen and oxygen atoms in total. The summed E-state index contributed by atoms with van der Waals surface area (Å²) in [5.74, 6) is -0.207. The Kier molecular flexibility index (Phi) is 3.31. The molecule has 0 aliphatic rings. The largest absolute Gasteiger partial charge is 0.369 e. The van der Waals surface area contributed by atoms with Gasteiger partial charge >= 0.3 is 0 Å². The van der Waals surface area contributed by atoms with Gasteiger partial charge in [0.15, 0.2) is 0 Å². The second-order valence-corrected chi connectivity index (χ2v) is 4.62. The van der Waals surface area contributed by atoms with Gasteiger partial charge < -0.3 is 5.73 Å². The highest BCUT2D eigenvalue weighted by Gasteiger charge is 2.40. The molecule has 0 atom stereocenters.